The van der Waals surface area contributed by atoms with Crippen LogP contribution < -0.4 is 10.2 Å². The average molecular weight is 434 g/mol. The average Bonchev–Trinajstić information content (AvgIpc) is 2.86. The molecule has 0 unspecified atom stereocenters. The maximum Gasteiger partial charge on any atom is 0.325 e. The highest BCUT2D eigenvalue weighted by Crippen LogP contribution is 2.35. The minimum absolute atomic E-state index is 0.150. The number of halogens is 2. The van der Waals surface area contributed by atoms with Crippen LogP contribution >= 0.6 is 23.2 Å². The quantitative estimate of drug-likeness (QED) is 0.718. The molecular formula is C21H21Cl2N3O3. The summed E-state index contributed by atoms with van der Waals surface area (Å²) >= 11 is 12.2. The first-order valence-electron chi connectivity index (χ1n) is 9.12. The van der Waals surface area contributed by atoms with Gasteiger partial charge in [-0.1, -0.05) is 47.5 Å². The first-order chi connectivity index (χ1) is 13.6. The molecule has 0 radical (unpaired) electrons. The van der Waals surface area contributed by atoms with Crippen molar-refractivity contribution in [3.8, 4) is 0 Å². The van der Waals surface area contributed by atoms with Gasteiger partial charge in [0.15, 0.2) is 0 Å². The Morgan fingerprint density at radius 2 is 1.79 bits per heavy atom. The second kappa shape index (κ2) is 8.05. The number of benzene rings is 2. The third-order valence-electron chi connectivity index (χ3n) is 4.86. The standard InChI is InChI=1S/C21H21Cl2N3O3/c1-13(2)26(15-7-5-4-6-8-15)18(27)12-25-19(28)21(3,24-20(25)29)16-10-9-14(22)11-17(16)23/h4-11,13H,12H2,1-3H3,(H,24,29)/t21-/m0/s1. The van der Waals surface area contributed by atoms with Gasteiger partial charge in [-0.3, -0.25) is 14.5 Å². The molecule has 29 heavy (non-hydrogen) atoms. The zero-order valence-electron chi connectivity index (χ0n) is 16.3. The number of para-hydroxylation sites is 1. The normalized spacial score (nSPS) is 18.9. The van der Waals surface area contributed by atoms with Crippen LogP contribution in [-0.4, -0.2) is 35.3 Å². The number of imide groups is 1. The number of carbonyl (C=O) groups excluding carboxylic acids is 3. The van der Waals surface area contributed by atoms with Crippen molar-refractivity contribution in [2.45, 2.75) is 32.4 Å². The van der Waals surface area contributed by atoms with Gasteiger partial charge in [-0.25, -0.2) is 4.79 Å². The number of nitrogens with zero attached hydrogens (tertiary/aromatic N) is 2. The van der Waals surface area contributed by atoms with Crippen molar-refractivity contribution in [1.29, 1.82) is 0 Å². The minimum atomic E-state index is -1.38. The van der Waals surface area contributed by atoms with Crippen molar-refractivity contribution in [3.63, 3.8) is 0 Å². The molecule has 8 heteroatoms. The number of urea groups is 1. The zero-order valence-corrected chi connectivity index (χ0v) is 17.8. The predicted molar refractivity (Wildman–Crippen MR) is 113 cm³/mol. The van der Waals surface area contributed by atoms with Gasteiger partial charge >= 0.3 is 6.03 Å². The minimum Gasteiger partial charge on any atom is -0.319 e. The molecule has 1 saturated heterocycles. The number of hydrogen-bond donors (Lipinski definition) is 1. The number of hydrogen-bond acceptors (Lipinski definition) is 3. The lowest BCUT2D eigenvalue weighted by molar-refractivity contribution is -0.134. The molecule has 3 rings (SSSR count). The molecule has 1 aliphatic heterocycles. The summed E-state index contributed by atoms with van der Waals surface area (Å²) in [7, 11) is 0. The molecular weight excluding hydrogens is 413 g/mol. The van der Waals surface area contributed by atoms with E-state index < -0.39 is 17.5 Å². The van der Waals surface area contributed by atoms with E-state index in [1.807, 2.05) is 32.0 Å². The summed E-state index contributed by atoms with van der Waals surface area (Å²) in [5, 5.41) is 3.34. The highest BCUT2D eigenvalue weighted by Gasteiger charge is 2.50. The van der Waals surface area contributed by atoms with Gasteiger partial charge in [0.05, 0.1) is 0 Å². The number of carbonyl (C=O) groups is 3. The van der Waals surface area contributed by atoms with Gasteiger partial charge in [-0.05, 0) is 45.0 Å². The van der Waals surface area contributed by atoms with Crippen LogP contribution in [0.15, 0.2) is 48.5 Å². The van der Waals surface area contributed by atoms with Crippen molar-refractivity contribution >= 4 is 46.7 Å². The Morgan fingerprint density at radius 3 is 2.38 bits per heavy atom. The van der Waals surface area contributed by atoms with E-state index in [0.29, 0.717) is 16.3 Å². The molecule has 2 aromatic rings. The van der Waals surface area contributed by atoms with E-state index in [2.05, 4.69) is 5.32 Å². The van der Waals surface area contributed by atoms with E-state index in [-0.39, 0.29) is 23.5 Å². The molecule has 0 aliphatic carbocycles. The Balaban J connectivity index is 1.87. The lowest BCUT2D eigenvalue weighted by Crippen LogP contribution is -2.46. The molecule has 152 valence electrons. The molecule has 1 heterocycles. The van der Waals surface area contributed by atoms with Crippen molar-refractivity contribution < 1.29 is 14.4 Å². The smallest absolute Gasteiger partial charge is 0.319 e. The number of nitrogens with one attached hydrogen (secondary N) is 1. The fourth-order valence-electron chi connectivity index (χ4n) is 3.45. The zero-order chi connectivity index (χ0) is 21.3. The van der Waals surface area contributed by atoms with Gasteiger partial charge in [0.2, 0.25) is 5.91 Å². The van der Waals surface area contributed by atoms with Crippen molar-refractivity contribution in [2.24, 2.45) is 0 Å². The van der Waals surface area contributed by atoms with Crippen LogP contribution in [0.5, 0.6) is 0 Å². The third kappa shape index (κ3) is 3.95. The Labute approximate surface area is 179 Å². The van der Waals surface area contributed by atoms with E-state index in [1.165, 1.54) is 6.07 Å². The second-order valence-corrected chi connectivity index (χ2v) is 8.11. The Hall–Kier alpha value is -2.57. The molecule has 6 nitrogen and oxygen atoms in total. The largest absolute Gasteiger partial charge is 0.325 e. The fourth-order valence-corrected chi connectivity index (χ4v) is 4.05. The molecule has 0 saturated carbocycles. The summed E-state index contributed by atoms with van der Waals surface area (Å²) in [5.41, 5.74) is -0.266. The molecule has 1 fully saturated rings. The van der Waals surface area contributed by atoms with E-state index in [1.54, 1.807) is 36.1 Å². The van der Waals surface area contributed by atoms with Crippen LogP contribution in [0.3, 0.4) is 0 Å². The van der Waals surface area contributed by atoms with E-state index >= 15 is 0 Å². The van der Waals surface area contributed by atoms with Crippen molar-refractivity contribution in [3.05, 3.63) is 64.1 Å². The Bertz CT molecular complexity index is 965. The summed E-state index contributed by atoms with van der Waals surface area (Å²) in [5.74, 6) is -0.905. The highest BCUT2D eigenvalue weighted by atomic mass is 35.5. The first-order valence-corrected chi connectivity index (χ1v) is 9.87. The third-order valence-corrected chi connectivity index (χ3v) is 5.41. The van der Waals surface area contributed by atoms with E-state index in [9.17, 15) is 14.4 Å². The van der Waals surface area contributed by atoms with Crippen molar-refractivity contribution in [1.82, 2.24) is 10.2 Å². The van der Waals surface area contributed by atoms with Gasteiger partial charge in [0.1, 0.15) is 12.1 Å². The summed E-state index contributed by atoms with van der Waals surface area (Å²) in [6, 6.07) is 13.0. The van der Waals surface area contributed by atoms with Gasteiger partial charge < -0.3 is 10.2 Å². The number of anilines is 1. The van der Waals surface area contributed by atoms with E-state index in [4.69, 9.17) is 23.2 Å². The van der Waals surface area contributed by atoms with Gasteiger partial charge in [0, 0.05) is 27.3 Å². The summed E-state index contributed by atoms with van der Waals surface area (Å²) in [4.78, 5) is 41.2. The summed E-state index contributed by atoms with van der Waals surface area (Å²) < 4.78 is 0. The predicted octanol–water partition coefficient (Wildman–Crippen LogP) is 4.20. The van der Waals surface area contributed by atoms with Crippen LogP contribution in [0.25, 0.3) is 0 Å². The van der Waals surface area contributed by atoms with Crippen LogP contribution in [0.1, 0.15) is 26.3 Å². The molecule has 1 aliphatic rings. The van der Waals surface area contributed by atoms with Gasteiger partial charge in [-0.15, -0.1) is 0 Å². The number of amides is 4. The molecule has 0 bridgehead atoms. The summed E-state index contributed by atoms with van der Waals surface area (Å²) in [6.45, 7) is 4.92. The Morgan fingerprint density at radius 1 is 1.14 bits per heavy atom. The van der Waals surface area contributed by atoms with Crippen LogP contribution in [0.4, 0.5) is 10.5 Å². The molecule has 1 atom stereocenters. The van der Waals surface area contributed by atoms with E-state index in [0.717, 1.165) is 4.90 Å². The van der Waals surface area contributed by atoms with Crippen LogP contribution in [0.2, 0.25) is 10.0 Å². The second-order valence-electron chi connectivity index (χ2n) is 7.26. The summed E-state index contributed by atoms with van der Waals surface area (Å²) in [6.07, 6.45) is 0. The highest BCUT2D eigenvalue weighted by molar-refractivity contribution is 6.35. The first kappa shape index (κ1) is 21.1. The number of rotatable bonds is 5. The maximum absolute atomic E-state index is 13.1. The SMILES string of the molecule is CC(C)N(C(=O)CN1C(=O)N[C@@](C)(c2ccc(Cl)cc2Cl)C1=O)c1ccccc1. The molecule has 0 aromatic heterocycles. The molecule has 2 aromatic carbocycles. The van der Waals surface area contributed by atoms with Gasteiger partial charge in [0.25, 0.3) is 5.91 Å². The van der Waals surface area contributed by atoms with Crippen LogP contribution in [0, 0.1) is 0 Å². The lowest BCUT2D eigenvalue weighted by Gasteiger charge is -2.28. The Kier molecular flexibility index (Phi) is 5.87. The fraction of sp³-hybridized carbons (Fsp3) is 0.286. The van der Waals surface area contributed by atoms with Crippen LogP contribution in [-0.2, 0) is 15.1 Å². The van der Waals surface area contributed by atoms with Crippen molar-refractivity contribution in [2.75, 3.05) is 11.4 Å². The molecule has 4 amide bonds. The topological polar surface area (TPSA) is 69.7 Å². The van der Waals surface area contributed by atoms with Gasteiger partial charge in [-0.2, -0.15) is 0 Å². The molecule has 0 spiro atoms. The maximum atomic E-state index is 13.1. The monoisotopic (exact) mass is 433 g/mol. The molecule has 1 N–H and O–H groups in total. The lowest BCUT2D eigenvalue weighted by atomic mass is 9.92.